The second-order valence-corrected chi connectivity index (χ2v) is 13.4. The molecule has 8 rings (SSSR count). The highest BCUT2D eigenvalue weighted by atomic mass is 14.9. The Bertz CT molecular complexity index is 2100. The molecule has 0 radical (unpaired) electrons. The fraction of sp³-hybridized carbons (Fsp3) is 0.250. The lowest BCUT2D eigenvalue weighted by Gasteiger charge is -2.32. The first-order chi connectivity index (χ1) is 23.9. The van der Waals surface area contributed by atoms with Crippen LogP contribution in [0.2, 0.25) is 0 Å². The lowest BCUT2D eigenvalue weighted by molar-refractivity contribution is 0.650. The van der Waals surface area contributed by atoms with Gasteiger partial charge in [0.25, 0.3) is 0 Å². The van der Waals surface area contributed by atoms with Crippen LogP contribution < -0.4 is 10.6 Å². The minimum absolute atomic E-state index is 0.0357. The van der Waals surface area contributed by atoms with Crippen LogP contribution in [-0.4, -0.2) is 4.57 Å². The van der Waals surface area contributed by atoms with E-state index in [1.54, 1.807) is 5.57 Å². The molecular weight excluding hydrogens is 591 g/mol. The van der Waals surface area contributed by atoms with Crippen molar-refractivity contribution in [3.05, 3.63) is 166 Å². The molecule has 248 valence electrons. The van der Waals surface area contributed by atoms with Crippen molar-refractivity contribution >= 4 is 23.1 Å². The zero-order valence-electron chi connectivity index (χ0n) is 30.0. The second-order valence-electron chi connectivity index (χ2n) is 13.4. The third-order valence-electron chi connectivity index (χ3n) is 10.1. The highest BCUT2D eigenvalue weighted by Gasteiger charge is 2.42. The van der Waals surface area contributed by atoms with E-state index in [2.05, 4.69) is 173 Å². The average molecular weight is 642 g/mol. The molecule has 0 aliphatic heterocycles. The van der Waals surface area contributed by atoms with Crippen molar-refractivity contribution in [3.63, 3.8) is 0 Å². The van der Waals surface area contributed by atoms with Crippen LogP contribution in [0.5, 0.6) is 0 Å². The Morgan fingerprint density at radius 3 is 2.12 bits per heavy atom. The van der Waals surface area contributed by atoms with E-state index in [-0.39, 0.29) is 5.41 Å². The van der Waals surface area contributed by atoms with Crippen molar-refractivity contribution in [1.29, 1.82) is 0 Å². The number of hydrogen-bond donors (Lipinski definition) is 0. The highest BCUT2D eigenvalue weighted by Crippen LogP contribution is 2.54. The van der Waals surface area contributed by atoms with Gasteiger partial charge in [-0.25, -0.2) is 0 Å². The fourth-order valence-electron chi connectivity index (χ4n) is 7.45. The number of aryl methyl sites for hydroxylation is 1. The Kier molecular flexibility index (Phi) is 11.8. The van der Waals surface area contributed by atoms with Crippen molar-refractivity contribution in [3.8, 4) is 24.0 Å². The third kappa shape index (κ3) is 7.35. The summed E-state index contributed by atoms with van der Waals surface area (Å²) in [5.74, 6) is 0.659. The Balaban J connectivity index is 0.000000183. The number of hydrogen-bond acceptors (Lipinski definition) is 0. The topological polar surface area (TPSA) is 4.93 Å². The molecule has 3 aliphatic rings. The number of aromatic nitrogens is 1. The quantitative estimate of drug-likeness (QED) is 0.136. The van der Waals surface area contributed by atoms with E-state index in [4.69, 9.17) is 0 Å². The Morgan fingerprint density at radius 1 is 0.796 bits per heavy atom. The minimum atomic E-state index is -0.0357. The molecule has 0 bridgehead atoms. The summed E-state index contributed by atoms with van der Waals surface area (Å²) in [7, 11) is 2.22. The Morgan fingerprint density at radius 2 is 1.47 bits per heavy atom. The Hall–Kier alpha value is -5.06. The van der Waals surface area contributed by atoms with Gasteiger partial charge in [0.1, 0.15) is 0 Å². The van der Waals surface area contributed by atoms with E-state index in [9.17, 15) is 0 Å². The van der Waals surface area contributed by atoms with E-state index >= 15 is 0 Å². The molecule has 1 heteroatoms. The molecule has 3 aliphatic carbocycles. The van der Waals surface area contributed by atoms with Gasteiger partial charge in [0.2, 0.25) is 0 Å². The number of terminal acetylenes is 1. The average Bonchev–Trinajstić information content (AvgIpc) is 3.60. The summed E-state index contributed by atoms with van der Waals surface area (Å²) >= 11 is 0. The number of nitrogens with zero attached hydrogens (tertiary/aromatic N) is 1. The lowest BCUT2D eigenvalue weighted by Crippen LogP contribution is -2.29. The van der Waals surface area contributed by atoms with Crippen molar-refractivity contribution in [2.75, 3.05) is 0 Å². The number of benzene rings is 4. The molecule has 1 heterocycles. The molecule has 0 saturated carbocycles. The van der Waals surface area contributed by atoms with E-state index in [0.717, 1.165) is 32.1 Å². The molecule has 5 aromatic rings. The molecule has 0 saturated heterocycles. The van der Waals surface area contributed by atoms with Gasteiger partial charge in [-0.1, -0.05) is 147 Å². The summed E-state index contributed by atoms with van der Waals surface area (Å²) in [6, 6.07) is 35.0. The zero-order chi connectivity index (χ0) is 34.8. The van der Waals surface area contributed by atoms with Crippen molar-refractivity contribution in [1.82, 2.24) is 4.57 Å². The van der Waals surface area contributed by atoms with Crippen LogP contribution >= 0.6 is 0 Å². The van der Waals surface area contributed by atoms with E-state index < -0.39 is 0 Å². The SMILES string of the molecule is C#C.C/C=C\Cc1ccccc1.CC(C)c1ccccc1.Cn1c2c(c3cc4c(cc31)-c1ccccc1C4(C)C1=CC=CCC1)=CCCC=2. The first-order valence-corrected chi connectivity index (χ1v) is 17.8. The summed E-state index contributed by atoms with van der Waals surface area (Å²) in [4.78, 5) is 0. The molecule has 0 amide bonds. The maximum absolute atomic E-state index is 4.00. The predicted molar refractivity (Wildman–Crippen MR) is 214 cm³/mol. The molecule has 49 heavy (non-hydrogen) atoms. The van der Waals surface area contributed by atoms with E-state index in [1.807, 2.05) is 19.1 Å². The van der Waals surface area contributed by atoms with Crippen molar-refractivity contribution in [2.45, 2.75) is 71.1 Å². The first kappa shape index (κ1) is 35.3. The van der Waals surface area contributed by atoms with Crippen LogP contribution in [0, 0.1) is 12.8 Å². The summed E-state index contributed by atoms with van der Waals surface area (Å²) in [5.41, 5.74) is 11.4. The molecule has 1 aromatic heterocycles. The third-order valence-corrected chi connectivity index (χ3v) is 10.1. The van der Waals surface area contributed by atoms with Crippen LogP contribution in [0.4, 0.5) is 0 Å². The molecular formula is C48H51N. The normalized spacial score (nSPS) is 16.7. The maximum atomic E-state index is 4.00. The largest absolute Gasteiger partial charge is 0.344 e. The molecule has 1 atom stereocenters. The molecule has 0 N–H and O–H groups in total. The van der Waals surface area contributed by atoms with Gasteiger partial charge >= 0.3 is 0 Å². The van der Waals surface area contributed by atoms with Gasteiger partial charge < -0.3 is 4.57 Å². The number of rotatable bonds is 4. The molecule has 0 spiro atoms. The van der Waals surface area contributed by atoms with Crippen LogP contribution in [-0.2, 0) is 18.9 Å². The fourth-order valence-corrected chi connectivity index (χ4v) is 7.45. The first-order valence-electron chi connectivity index (χ1n) is 17.8. The maximum Gasteiger partial charge on any atom is 0.0494 e. The van der Waals surface area contributed by atoms with Gasteiger partial charge in [-0.05, 0) is 97.4 Å². The van der Waals surface area contributed by atoms with Crippen LogP contribution in [0.15, 0.2) is 133 Å². The van der Waals surface area contributed by atoms with Crippen LogP contribution in [0.3, 0.4) is 0 Å². The lowest BCUT2D eigenvalue weighted by atomic mass is 9.71. The molecule has 4 aromatic carbocycles. The number of allylic oxidation sites excluding steroid dienone is 6. The van der Waals surface area contributed by atoms with Crippen LogP contribution in [0.25, 0.3) is 34.2 Å². The molecule has 0 fully saturated rings. The monoisotopic (exact) mass is 641 g/mol. The zero-order valence-corrected chi connectivity index (χ0v) is 30.0. The van der Waals surface area contributed by atoms with E-state index in [0.29, 0.717) is 5.92 Å². The predicted octanol–water partition coefficient (Wildman–Crippen LogP) is 11.0. The van der Waals surface area contributed by atoms with Crippen molar-refractivity contribution in [2.24, 2.45) is 7.05 Å². The molecule has 1 nitrogen and oxygen atoms in total. The standard InChI is InChI=1S/C27H25N.C10H12.C9H12.C2H2/c1-27(18-10-4-3-5-11-18)23-14-8-6-12-19(23)21-17-26-22(16-24(21)27)20-13-7-9-15-25(20)28(26)2;1-2-3-7-10-8-5-4-6-9-10;1-8(2)9-6-4-3-5-7-9;1-2/h3-4,6,8,10,12-17H,5,7,9,11H2,1-2H3;2-6,8-9H,7H2,1H3;3-8H,1-2H3;1-2H/b;3-2-;;. The molecule has 1 unspecified atom stereocenters. The highest BCUT2D eigenvalue weighted by molar-refractivity contribution is 5.94. The van der Waals surface area contributed by atoms with Crippen LogP contribution in [0.1, 0.15) is 81.5 Å². The van der Waals surface area contributed by atoms with Gasteiger partial charge in [-0.2, -0.15) is 0 Å². The Labute approximate surface area is 294 Å². The van der Waals surface area contributed by atoms with E-state index in [1.165, 1.54) is 54.9 Å². The smallest absolute Gasteiger partial charge is 0.0494 e. The van der Waals surface area contributed by atoms with Gasteiger partial charge in [0, 0.05) is 33.9 Å². The summed E-state index contributed by atoms with van der Waals surface area (Å²) < 4.78 is 2.39. The van der Waals surface area contributed by atoms with Crippen molar-refractivity contribution < 1.29 is 0 Å². The summed E-state index contributed by atoms with van der Waals surface area (Å²) in [5, 5.41) is 4.24. The van der Waals surface area contributed by atoms with Gasteiger partial charge in [0.15, 0.2) is 0 Å². The van der Waals surface area contributed by atoms with Gasteiger partial charge in [0.05, 0.1) is 0 Å². The summed E-state index contributed by atoms with van der Waals surface area (Å²) in [6.07, 6.45) is 29.6. The number of fused-ring (bicyclic) bond motifs is 6. The van der Waals surface area contributed by atoms with Gasteiger partial charge in [-0.3, -0.25) is 0 Å². The minimum Gasteiger partial charge on any atom is -0.344 e. The second kappa shape index (κ2) is 16.4. The summed E-state index contributed by atoms with van der Waals surface area (Å²) in [6.45, 7) is 8.90. The van der Waals surface area contributed by atoms with Gasteiger partial charge in [-0.15, -0.1) is 12.8 Å².